The lowest BCUT2D eigenvalue weighted by Crippen LogP contribution is -2.32. The van der Waals surface area contributed by atoms with Crippen LogP contribution in [0.4, 0.5) is 11.4 Å². The molecule has 0 fully saturated rings. The Labute approximate surface area is 145 Å². The van der Waals surface area contributed by atoms with Gasteiger partial charge in [-0.25, -0.2) is 4.90 Å². The van der Waals surface area contributed by atoms with Gasteiger partial charge in [-0.05, 0) is 61.7 Å². The third-order valence-corrected chi connectivity index (χ3v) is 4.13. The number of aryl methyl sites for hydroxylation is 3. The van der Waals surface area contributed by atoms with Crippen molar-refractivity contribution in [3.05, 3.63) is 69.9 Å². The van der Waals surface area contributed by atoms with Gasteiger partial charge in [0.05, 0.1) is 5.69 Å². The van der Waals surface area contributed by atoms with Crippen molar-refractivity contribution in [1.82, 2.24) is 0 Å². The third-order valence-electron chi connectivity index (χ3n) is 3.78. The van der Waals surface area contributed by atoms with Crippen LogP contribution in [0.1, 0.15) is 16.7 Å². The van der Waals surface area contributed by atoms with Gasteiger partial charge in [-0.1, -0.05) is 29.8 Å². The normalized spacial score (nSPS) is 14.6. The molecule has 0 saturated carbocycles. The van der Waals surface area contributed by atoms with Crippen molar-refractivity contribution in [2.75, 3.05) is 10.2 Å². The summed E-state index contributed by atoms with van der Waals surface area (Å²) in [5, 5.41) is 2.88. The van der Waals surface area contributed by atoms with Gasteiger partial charge in [0.15, 0.2) is 0 Å². The predicted octanol–water partition coefficient (Wildman–Crippen LogP) is 4.05. The number of halogens is 1. The van der Waals surface area contributed by atoms with Gasteiger partial charge in [0.1, 0.15) is 10.7 Å². The second kappa shape index (κ2) is 6.13. The molecule has 2 aromatic rings. The Hall–Kier alpha value is -2.59. The van der Waals surface area contributed by atoms with E-state index in [4.69, 9.17) is 11.6 Å². The summed E-state index contributed by atoms with van der Waals surface area (Å²) in [5.74, 6) is -0.960. The van der Waals surface area contributed by atoms with Crippen molar-refractivity contribution in [2.24, 2.45) is 0 Å². The standard InChI is InChI=1S/C19H17ClN2O2/c1-11-5-4-6-14(8-11)21-17-16(20)18(23)22(19(17)24)15-9-12(2)7-13(3)10-15/h4-10,21H,1-3H3. The Bertz CT molecular complexity index is 866. The van der Waals surface area contributed by atoms with Crippen LogP contribution in [0.3, 0.4) is 0 Å². The third kappa shape index (κ3) is 2.93. The van der Waals surface area contributed by atoms with Crippen molar-refractivity contribution in [3.8, 4) is 0 Å². The van der Waals surface area contributed by atoms with Gasteiger partial charge in [-0.15, -0.1) is 0 Å². The van der Waals surface area contributed by atoms with Gasteiger partial charge >= 0.3 is 0 Å². The monoisotopic (exact) mass is 340 g/mol. The van der Waals surface area contributed by atoms with Gasteiger partial charge in [-0.3, -0.25) is 9.59 Å². The van der Waals surface area contributed by atoms with Crippen molar-refractivity contribution >= 4 is 34.8 Å². The van der Waals surface area contributed by atoms with E-state index in [2.05, 4.69) is 5.32 Å². The number of imide groups is 1. The maximum Gasteiger partial charge on any atom is 0.283 e. The molecule has 1 heterocycles. The molecule has 3 rings (SSSR count). The number of anilines is 2. The van der Waals surface area contributed by atoms with Crippen LogP contribution in [0.25, 0.3) is 0 Å². The summed E-state index contributed by atoms with van der Waals surface area (Å²) in [6, 6.07) is 13.1. The number of benzene rings is 2. The minimum absolute atomic E-state index is 0.0966. The molecule has 1 N–H and O–H groups in total. The van der Waals surface area contributed by atoms with Crippen molar-refractivity contribution in [2.45, 2.75) is 20.8 Å². The minimum Gasteiger partial charge on any atom is -0.350 e. The van der Waals surface area contributed by atoms with Crippen LogP contribution in [0.2, 0.25) is 0 Å². The smallest absolute Gasteiger partial charge is 0.283 e. The molecule has 0 aromatic heterocycles. The number of amides is 2. The number of hydrogen-bond donors (Lipinski definition) is 1. The maximum absolute atomic E-state index is 12.7. The van der Waals surface area contributed by atoms with Gasteiger partial charge in [0.25, 0.3) is 11.8 Å². The first-order chi connectivity index (χ1) is 11.4. The average molecular weight is 341 g/mol. The van der Waals surface area contributed by atoms with E-state index in [0.29, 0.717) is 11.4 Å². The summed E-state index contributed by atoms with van der Waals surface area (Å²) in [6.45, 7) is 5.79. The van der Waals surface area contributed by atoms with Crippen LogP contribution in [0.5, 0.6) is 0 Å². The topological polar surface area (TPSA) is 49.4 Å². The zero-order valence-corrected chi connectivity index (χ0v) is 14.4. The van der Waals surface area contributed by atoms with Crippen molar-refractivity contribution in [1.29, 1.82) is 0 Å². The predicted molar refractivity (Wildman–Crippen MR) is 96.1 cm³/mol. The van der Waals surface area contributed by atoms with Crippen LogP contribution >= 0.6 is 11.6 Å². The fraction of sp³-hybridized carbons (Fsp3) is 0.158. The molecule has 2 aromatic carbocycles. The summed E-state index contributed by atoms with van der Waals surface area (Å²) in [5.41, 5.74) is 4.34. The Morgan fingerprint density at radius 3 is 2.17 bits per heavy atom. The first-order valence-corrected chi connectivity index (χ1v) is 7.95. The lowest BCUT2D eigenvalue weighted by molar-refractivity contribution is -0.120. The minimum atomic E-state index is -0.512. The van der Waals surface area contributed by atoms with Crippen LogP contribution < -0.4 is 10.2 Å². The number of nitrogens with one attached hydrogen (secondary N) is 1. The van der Waals surface area contributed by atoms with E-state index in [1.165, 1.54) is 0 Å². The second-order valence-corrected chi connectivity index (χ2v) is 6.35. The highest BCUT2D eigenvalue weighted by molar-refractivity contribution is 6.53. The number of carbonyl (C=O) groups excluding carboxylic acids is 2. The van der Waals surface area contributed by atoms with E-state index in [-0.39, 0.29) is 10.7 Å². The van der Waals surface area contributed by atoms with Crippen LogP contribution in [-0.4, -0.2) is 11.8 Å². The Morgan fingerprint density at radius 1 is 0.875 bits per heavy atom. The maximum atomic E-state index is 12.7. The second-order valence-electron chi connectivity index (χ2n) is 5.98. The summed E-state index contributed by atoms with van der Waals surface area (Å²) in [6.07, 6.45) is 0. The number of rotatable bonds is 3. The largest absolute Gasteiger partial charge is 0.350 e. The molecule has 4 nitrogen and oxygen atoms in total. The first kappa shape index (κ1) is 16.3. The molecule has 0 spiro atoms. The molecule has 1 aliphatic rings. The average Bonchev–Trinajstić information content (AvgIpc) is 2.70. The van der Waals surface area contributed by atoms with E-state index in [1.807, 2.05) is 51.1 Å². The van der Waals surface area contributed by atoms with E-state index in [1.54, 1.807) is 12.1 Å². The van der Waals surface area contributed by atoms with Crippen LogP contribution in [-0.2, 0) is 9.59 Å². The molecule has 0 atom stereocenters. The summed E-state index contributed by atoms with van der Waals surface area (Å²) in [4.78, 5) is 26.3. The Morgan fingerprint density at radius 2 is 1.54 bits per heavy atom. The van der Waals surface area contributed by atoms with Gasteiger partial charge in [-0.2, -0.15) is 0 Å². The number of nitrogens with zero attached hydrogens (tertiary/aromatic N) is 1. The molecule has 5 heteroatoms. The Kier molecular flexibility index (Phi) is 4.16. The molecule has 122 valence electrons. The molecule has 2 amide bonds. The fourth-order valence-corrected chi connectivity index (χ4v) is 3.01. The molecule has 0 unspecified atom stereocenters. The van der Waals surface area contributed by atoms with Gasteiger partial charge in [0, 0.05) is 5.69 Å². The number of hydrogen-bond acceptors (Lipinski definition) is 3. The molecule has 1 aliphatic heterocycles. The van der Waals surface area contributed by atoms with E-state index < -0.39 is 11.8 Å². The zero-order chi connectivity index (χ0) is 17.4. The molecule has 0 bridgehead atoms. The highest BCUT2D eigenvalue weighted by Gasteiger charge is 2.39. The molecule has 24 heavy (non-hydrogen) atoms. The molecular weight excluding hydrogens is 324 g/mol. The summed E-state index contributed by atoms with van der Waals surface area (Å²) >= 11 is 6.14. The van der Waals surface area contributed by atoms with Gasteiger partial charge in [0.2, 0.25) is 0 Å². The molecular formula is C19H17ClN2O2. The van der Waals surface area contributed by atoms with Crippen LogP contribution in [0.15, 0.2) is 53.2 Å². The van der Waals surface area contributed by atoms with Crippen molar-refractivity contribution in [3.63, 3.8) is 0 Å². The van der Waals surface area contributed by atoms with E-state index in [0.717, 1.165) is 21.6 Å². The fourth-order valence-electron chi connectivity index (χ4n) is 2.79. The Balaban J connectivity index is 1.95. The molecule has 0 saturated heterocycles. The summed E-state index contributed by atoms with van der Waals surface area (Å²) in [7, 11) is 0. The lowest BCUT2D eigenvalue weighted by atomic mass is 10.1. The zero-order valence-electron chi connectivity index (χ0n) is 13.7. The molecule has 0 radical (unpaired) electrons. The van der Waals surface area contributed by atoms with E-state index in [9.17, 15) is 9.59 Å². The molecule has 0 aliphatic carbocycles. The van der Waals surface area contributed by atoms with Crippen molar-refractivity contribution < 1.29 is 9.59 Å². The number of carbonyl (C=O) groups is 2. The van der Waals surface area contributed by atoms with E-state index >= 15 is 0 Å². The highest BCUT2D eigenvalue weighted by atomic mass is 35.5. The highest BCUT2D eigenvalue weighted by Crippen LogP contribution is 2.31. The lowest BCUT2D eigenvalue weighted by Gasteiger charge is -2.16. The van der Waals surface area contributed by atoms with Crippen LogP contribution in [0, 0.1) is 20.8 Å². The quantitative estimate of drug-likeness (QED) is 0.858. The first-order valence-electron chi connectivity index (χ1n) is 7.57. The van der Waals surface area contributed by atoms with Gasteiger partial charge < -0.3 is 5.32 Å². The summed E-state index contributed by atoms with van der Waals surface area (Å²) < 4.78 is 0. The SMILES string of the molecule is Cc1cccc(NC2=C(Cl)C(=O)N(c3cc(C)cc(C)c3)C2=O)c1.